The molecule has 3 aromatic carbocycles. The normalized spacial score (nSPS) is 17.4. The van der Waals surface area contributed by atoms with E-state index in [1.807, 2.05) is 18.2 Å². The highest BCUT2D eigenvalue weighted by Crippen LogP contribution is 2.29. The van der Waals surface area contributed by atoms with Gasteiger partial charge in [-0.15, -0.1) is 0 Å². The summed E-state index contributed by atoms with van der Waals surface area (Å²) in [7, 11) is 0. The Morgan fingerprint density at radius 3 is 2.32 bits per heavy atom. The summed E-state index contributed by atoms with van der Waals surface area (Å²) in [6, 6.07) is 23.3. The molecule has 4 aromatic rings. The first-order valence-corrected chi connectivity index (χ1v) is 13.3. The van der Waals surface area contributed by atoms with Gasteiger partial charge < -0.3 is 5.32 Å². The van der Waals surface area contributed by atoms with Crippen molar-refractivity contribution in [3.05, 3.63) is 117 Å². The summed E-state index contributed by atoms with van der Waals surface area (Å²) in [5.74, 6) is -0.189. The molecular weight excluding hydrogens is 481 g/mol. The van der Waals surface area contributed by atoms with E-state index in [9.17, 15) is 18.8 Å². The molecule has 0 spiro atoms. The third kappa shape index (κ3) is 5.77. The zero-order chi connectivity index (χ0) is 26.5. The Kier molecular flexibility index (Phi) is 7.82. The van der Waals surface area contributed by atoms with Crippen molar-refractivity contribution in [2.75, 3.05) is 6.54 Å². The van der Waals surface area contributed by atoms with Crippen LogP contribution in [0.15, 0.2) is 88.5 Å². The van der Waals surface area contributed by atoms with Crippen LogP contribution >= 0.6 is 0 Å². The van der Waals surface area contributed by atoms with Gasteiger partial charge in [0.25, 0.3) is 5.56 Å². The molecule has 0 atom stereocenters. The van der Waals surface area contributed by atoms with Gasteiger partial charge in [0.05, 0.1) is 17.4 Å². The number of nitrogens with one attached hydrogen (secondary N) is 1. The van der Waals surface area contributed by atoms with E-state index in [0.29, 0.717) is 29.6 Å². The average molecular weight is 514 g/mol. The maximum atomic E-state index is 13.8. The van der Waals surface area contributed by atoms with Crippen molar-refractivity contribution in [3.63, 3.8) is 0 Å². The van der Waals surface area contributed by atoms with E-state index >= 15 is 0 Å². The topological polar surface area (TPSA) is 73.1 Å². The third-order valence-corrected chi connectivity index (χ3v) is 7.58. The molecule has 1 heterocycles. The fourth-order valence-electron chi connectivity index (χ4n) is 5.49. The van der Waals surface area contributed by atoms with Crippen LogP contribution in [0.3, 0.4) is 0 Å². The average Bonchev–Trinajstić information content (AvgIpc) is 2.94. The number of nitrogens with zero attached hydrogens (tertiary/aromatic N) is 2. The number of hydrogen-bond donors (Lipinski definition) is 1. The van der Waals surface area contributed by atoms with Crippen molar-refractivity contribution in [3.8, 4) is 0 Å². The molecule has 1 aliphatic rings. The summed E-state index contributed by atoms with van der Waals surface area (Å²) < 4.78 is 16.7. The number of fused-ring (bicyclic) bond motifs is 1. The number of hydrogen-bond acceptors (Lipinski definition) is 3. The fourth-order valence-corrected chi connectivity index (χ4v) is 5.49. The van der Waals surface area contributed by atoms with Gasteiger partial charge in [-0.25, -0.2) is 9.18 Å². The van der Waals surface area contributed by atoms with Gasteiger partial charge in [0.2, 0.25) is 5.91 Å². The minimum atomic E-state index is -0.390. The van der Waals surface area contributed by atoms with Gasteiger partial charge in [0.15, 0.2) is 0 Å². The van der Waals surface area contributed by atoms with E-state index in [0.717, 1.165) is 32.1 Å². The maximum Gasteiger partial charge on any atom is 0.331 e. The summed E-state index contributed by atoms with van der Waals surface area (Å²) in [5.41, 5.74) is 1.70. The van der Waals surface area contributed by atoms with Crippen molar-refractivity contribution in [2.45, 2.75) is 45.2 Å². The van der Waals surface area contributed by atoms with Crippen molar-refractivity contribution in [1.82, 2.24) is 14.5 Å². The molecule has 5 rings (SSSR count). The van der Waals surface area contributed by atoms with E-state index in [1.54, 1.807) is 41.0 Å². The smallest absolute Gasteiger partial charge is 0.331 e. The maximum absolute atomic E-state index is 13.8. The predicted octanol–water partition coefficient (Wildman–Crippen LogP) is 4.52. The Bertz CT molecular complexity index is 1540. The van der Waals surface area contributed by atoms with E-state index in [-0.39, 0.29) is 35.7 Å². The van der Waals surface area contributed by atoms with Crippen LogP contribution in [0.4, 0.5) is 4.39 Å². The van der Waals surface area contributed by atoms with Gasteiger partial charge in [0, 0.05) is 19.0 Å². The highest BCUT2D eigenvalue weighted by molar-refractivity contribution is 5.79. The van der Waals surface area contributed by atoms with Crippen molar-refractivity contribution < 1.29 is 9.18 Å². The van der Waals surface area contributed by atoms with Gasteiger partial charge in [0.1, 0.15) is 5.82 Å². The first-order chi connectivity index (χ1) is 18.5. The summed E-state index contributed by atoms with van der Waals surface area (Å²) in [6.07, 6.45) is 3.83. The van der Waals surface area contributed by atoms with Crippen LogP contribution in [0.1, 0.15) is 36.8 Å². The van der Waals surface area contributed by atoms with Crippen LogP contribution in [0, 0.1) is 17.7 Å². The van der Waals surface area contributed by atoms with Crippen LogP contribution in [-0.4, -0.2) is 21.6 Å². The molecular formula is C31H32FN3O3. The second-order valence-electron chi connectivity index (χ2n) is 10.2. The van der Waals surface area contributed by atoms with Crippen molar-refractivity contribution in [1.29, 1.82) is 0 Å². The lowest BCUT2D eigenvalue weighted by Crippen LogP contribution is -2.42. The molecule has 0 radical (unpaired) electrons. The second kappa shape index (κ2) is 11.6. The highest BCUT2D eigenvalue weighted by atomic mass is 19.1. The summed E-state index contributed by atoms with van der Waals surface area (Å²) >= 11 is 0. The Morgan fingerprint density at radius 2 is 1.55 bits per heavy atom. The first-order valence-electron chi connectivity index (χ1n) is 13.3. The molecule has 0 aliphatic heterocycles. The van der Waals surface area contributed by atoms with Gasteiger partial charge in [-0.3, -0.25) is 18.7 Å². The zero-order valence-corrected chi connectivity index (χ0v) is 21.3. The number of halogens is 1. The lowest BCUT2D eigenvalue weighted by molar-refractivity contribution is -0.126. The molecule has 7 heteroatoms. The number of benzene rings is 3. The number of aromatic nitrogens is 2. The number of para-hydroxylation sites is 1. The van der Waals surface area contributed by atoms with E-state index < -0.39 is 5.69 Å². The molecule has 6 nitrogen and oxygen atoms in total. The predicted molar refractivity (Wildman–Crippen MR) is 147 cm³/mol. The van der Waals surface area contributed by atoms with Gasteiger partial charge in [-0.05, 0) is 73.4 Å². The molecule has 196 valence electrons. The zero-order valence-electron chi connectivity index (χ0n) is 21.3. The summed E-state index contributed by atoms with van der Waals surface area (Å²) in [4.78, 5) is 39.6. The molecule has 1 fully saturated rings. The third-order valence-electron chi connectivity index (χ3n) is 7.58. The number of carbonyl (C=O) groups excluding carboxylic acids is 1. The van der Waals surface area contributed by atoms with Gasteiger partial charge in [-0.2, -0.15) is 0 Å². The molecule has 0 saturated heterocycles. The van der Waals surface area contributed by atoms with E-state index in [1.165, 1.54) is 22.3 Å². The minimum Gasteiger partial charge on any atom is -0.356 e. The number of amides is 1. The lowest BCUT2D eigenvalue weighted by Gasteiger charge is -2.28. The van der Waals surface area contributed by atoms with Crippen LogP contribution in [0.25, 0.3) is 10.9 Å². The SMILES string of the molecule is O=C(NCCc1ccccc1)C1CCC(Cn2c(=O)c3ccccc3n(Cc3cccc(F)c3)c2=O)CC1. The monoisotopic (exact) mass is 513 g/mol. The van der Waals surface area contributed by atoms with E-state index in [4.69, 9.17) is 0 Å². The van der Waals surface area contributed by atoms with Crippen molar-refractivity contribution >= 4 is 16.8 Å². The fraction of sp³-hybridized carbons (Fsp3) is 0.323. The van der Waals surface area contributed by atoms with Crippen LogP contribution in [0.5, 0.6) is 0 Å². The molecule has 38 heavy (non-hydrogen) atoms. The Labute approximate surface area is 220 Å². The van der Waals surface area contributed by atoms with Crippen LogP contribution in [-0.2, 0) is 24.3 Å². The van der Waals surface area contributed by atoms with Crippen molar-refractivity contribution in [2.24, 2.45) is 11.8 Å². The molecule has 1 saturated carbocycles. The lowest BCUT2D eigenvalue weighted by atomic mass is 9.81. The largest absolute Gasteiger partial charge is 0.356 e. The quantitative estimate of drug-likeness (QED) is 0.377. The number of rotatable bonds is 8. The summed E-state index contributed by atoms with van der Waals surface area (Å²) in [5, 5.41) is 3.53. The Morgan fingerprint density at radius 1 is 0.842 bits per heavy atom. The molecule has 0 bridgehead atoms. The molecule has 1 N–H and O–H groups in total. The molecule has 1 aliphatic carbocycles. The molecule has 0 unspecified atom stereocenters. The standard InChI is InChI=1S/C31H32FN3O3/c32-26-10-6-9-24(19-26)21-34-28-12-5-4-11-27(28)30(37)35(31(34)38)20-23-13-15-25(16-14-23)29(36)33-18-17-22-7-2-1-3-8-22/h1-12,19,23,25H,13-18,20-21H2,(H,33,36). The summed E-state index contributed by atoms with van der Waals surface area (Å²) in [6.45, 7) is 1.10. The number of carbonyl (C=O) groups is 1. The van der Waals surface area contributed by atoms with Crippen LogP contribution < -0.4 is 16.6 Å². The van der Waals surface area contributed by atoms with E-state index in [2.05, 4.69) is 17.4 Å². The second-order valence-corrected chi connectivity index (χ2v) is 10.2. The Balaban J connectivity index is 1.27. The minimum absolute atomic E-state index is 0.0417. The van der Waals surface area contributed by atoms with Gasteiger partial charge in [-0.1, -0.05) is 54.6 Å². The highest BCUT2D eigenvalue weighted by Gasteiger charge is 2.27. The molecule has 1 amide bonds. The first kappa shape index (κ1) is 25.6. The van der Waals surface area contributed by atoms with Gasteiger partial charge >= 0.3 is 5.69 Å². The van der Waals surface area contributed by atoms with Crippen LogP contribution in [0.2, 0.25) is 0 Å². The molecule has 1 aromatic heterocycles. The Hall–Kier alpha value is -4.00.